The van der Waals surface area contributed by atoms with Crippen LogP contribution in [0.2, 0.25) is 0 Å². The Labute approximate surface area is 234 Å². The van der Waals surface area contributed by atoms with E-state index < -0.39 is 41.2 Å². The van der Waals surface area contributed by atoms with Gasteiger partial charge in [-0.2, -0.15) is 0 Å². The first-order valence-corrected chi connectivity index (χ1v) is 13.9. The number of ether oxygens (including phenoxy) is 1. The summed E-state index contributed by atoms with van der Waals surface area (Å²) in [5.74, 6) is -2.58. The molecule has 4 heterocycles. The minimum absolute atomic E-state index is 0.213. The minimum Gasteiger partial charge on any atom is -0.394 e. The van der Waals surface area contributed by atoms with Crippen molar-refractivity contribution in [2.45, 2.75) is 50.1 Å². The lowest BCUT2D eigenvalue weighted by molar-refractivity contribution is -0.153. The summed E-state index contributed by atoms with van der Waals surface area (Å²) >= 11 is 0. The SMILES string of the molecule is CC(C)(C)N1CC=C[C@]23O[C@@H]4C=CCN(c5ccccc5)C(=O)[C@@H]4[C@H]2C(=O)N([C@H](CO)c2ccccc2)C3C1=O. The van der Waals surface area contributed by atoms with Crippen molar-refractivity contribution in [1.29, 1.82) is 0 Å². The molecule has 208 valence electrons. The minimum atomic E-state index is -1.36. The molecule has 0 saturated carbocycles. The number of anilines is 1. The Kier molecular flexibility index (Phi) is 6.43. The number of para-hydroxylation sites is 1. The summed E-state index contributed by atoms with van der Waals surface area (Å²) in [5.41, 5.74) is -0.428. The smallest absolute Gasteiger partial charge is 0.249 e. The van der Waals surface area contributed by atoms with Crippen molar-refractivity contribution in [2.75, 3.05) is 24.6 Å². The van der Waals surface area contributed by atoms with E-state index in [1.165, 1.54) is 4.90 Å². The van der Waals surface area contributed by atoms with E-state index in [2.05, 4.69) is 0 Å². The van der Waals surface area contributed by atoms with Crippen molar-refractivity contribution in [1.82, 2.24) is 9.80 Å². The van der Waals surface area contributed by atoms with Gasteiger partial charge in [0.2, 0.25) is 17.7 Å². The van der Waals surface area contributed by atoms with Gasteiger partial charge in [0.15, 0.2) is 0 Å². The highest BCUT2D eigenvalue weighted by Gasteiger charge is 2.73. The van der Waals surface area contributed by atoms with Crippen LogP contribution in [0.3, 0.4) is 0 Å². The van der Waals surface area contributed by atoms with Gasteiger partial charge in [-0.05, 0) is 38.5 Å². The molecule has 4 aliphatic rings. The van der Waals surface area contributed by atoms with Crippen LogP contribution in [0.15, 0.2) is 85.0 Å². The maximum absolute atomic E-state index is 14.6. The third-order valence-electron chi connectivity index (χ3n) is 8.67. The fraction of sp³-hybridized carbons (Fsp3) is 0.406. The van der Waals surface area contributed by atoms with Gasteiger partial charge in [0.05, 0.1) is 30.6 Å². The summed E-state index contributed by atoms with van der Waals surface area (Å²) in [6.07, 6.45) is 6.82. The molecular formula is C32H35N3O5. The molecule has 2 fully saturated rings. The highest BCUT2D eigenvalue weighted by molar-refractivity contribution is 6.04. The number of hydrogen-bond donors (Lipinski definition) is 1. The Morgan fingerprint density at radius 1 is 0.925 bits per heavy atom. The van der Waals surface area contributed by atoms with Gasteiger partial charge in [0.25, 0.3) is 0 Å². The molecule has 0 aliphatic carbocycles. The second-order valence-electron chi connectivity index (χ2n) is 11.9. The number of fused-ring (bicyclic) bond motifs is 2. The molecule has 3 amide bonds. The van der Waals surface area contributed by atoms with Gasteiger partial charge in [0.1, 0.15) is 11.6 Å². The first-order valence-electron chi connectivity index (χ1n) is 13.9. The van der Waals surface area contributed by atoms with Crippen LogP contribution < -0.4 is 4.90 Å². The lowest BCUT2D eigenvalue weighted by Crippen LogP contribution is -2.59. The van der Waals surface area contributed by atoms with Crippen LogP contribution in [0.1, 0.15) is 32.4 Å². The van der Waals surface area contributed by atoms with Crippen molar-refractivity contribution < 1.29 is 24.2 Å². The standard InChI is InChI=1S/C32H35N3O5/c1-31(2,3)34-19-11-17-32-26(25-24(40-32)16-10-18-33(28(25)37)22-14-8-5-9-15-22)29(38)35(27(32)30(34)39)23(20-36)21-12-6-4-7-13-21/h4-17,23-27,36H,18-20H2,1-3H3/t23-,24-,25+,26+,27?,32+/m1/s1. The quantitative estimate of drug-likeness (QED) is 0.601. The topological polar surface area (TPSA) is 90.4 Å². The number of carbonyl (C=O) groups excluding carboxylic acids is 3. The molecule has 6 rings (SSSR count). The zero-order chi connectivity index (χ0) is 28.2. The Hall–Kier alpha value is -3.75. The average Bonchev–Trinajstić information content (AvgIpc) is 3.24. The van der Waals surface area contributed by atoms with Gasteiger partial charge >= 0.3 is 0 Å². The lowest BCUT2D eigenvalue weighted by atomic mass is 9.77. The van der Waals surface area contributed by atoms with E-state index >= 15 is 0 Å². The van der Waals surface area contributed by atoms with Gasteiger partial charge in [0, 0.05) is 24.3 Å². The third-order valence-corrected chi connectivity index (χ3v) is 8.67. The molecule has 4 aliphatic heterocycles. The zero-order valence-corrected chi connectivity index (χ0v) is 23.0. The monoisotopic (exact) mass is 541 g/mol. The fourth-order valence-electron chi connectivity index (χ4n) is 6.89. The highest BCUT2D eigenvalue weighted by atomic mass is 16.5. The molecule has 6 atom stereocenters. The fourth-order valence-corrected chi connectivity index (χ4v) is 6.89. The molecule has 1 N–H and O–H groups in total. The molecule has 1 spiro atoms. The predicted octanol–water partition coefficient (Wildman–Crippen LogP) is 3.10. The number of nitrogens with zero attached hydrogens (tertiary/aromatic N) is 3. The van der Waals surface area contributed by atoms with Crippen LogP contribution in [0.25, 0.3) is 0 Å². The summed E-state index contributed by atoms with van der Waals surface area (Å²) in [5, 5.41) is 10.6. The molecule has 0 aromatic heterocycles. The Balaban J connectivity index is 1.51. The number of carbonyl (C=O) groups is 3. The van der Waals surface area contributed by atoms with Crippen molar-refractivity contribution in [3.63, 3.8) is 0 Å². The second kappa shape index (κ2) is 9.71. The Morgan fingerprint density at radius 2 is 1.60 bits per heavy atom. The normalized spacial score (nSPS) is 30.6. The number of rotatable bonds is 4. The molecule has 2 aromatic carbocycles. The number of aliphatic hydroxyl groups is 1. The number of amides is 3. The molecule has 1 unspecified atom stereocenters. The Morgan fingerprint density at radius 3 is 2.25 bits per heavy atom. The van der Waals surface area contributed by atoms with Crippen LogP contribution in [0.5, 0.6) is 0 Å². The summed E-state index contributed by atoms with van der Waals surface area (Å²) < 4.78 is 6.75. The van der Waals surface area contributed by atoms with E-state index in [1.807, 2.05) is 106 Å². The summed E-state index contributed by atoms with van der Waals surface area (Å²) in [6, 6.07) is 16.8. The van der Waals surface area contributed by atoms with Gasteiger partial charge in [-0.15, -0.1) is 0 Å². The van der Waals surface area contributed by atoms with Crippen LogP contribution >= 0.6 is 0 Å². The third kappa shape index (κ3) is 3.92. The zero-order valence-electron chi connectivity index (χ0n) is 23.0. The molecule has 40 heavy (non-hydrogen) atoms. The second-order valence-corrected chi connectivity index (χ2v) is 11.9. The number of aliphatic hydroxyl groups excluding tert-OH is 1. The van der Waals surface area contributed by atoms with E-state index in [1.54, 1.807) is 9.80 Å². The maximum Gasteiger partial charge on any atom is 0.249 e. The molecule has 0 bridgehead atoms. The van der Waals surface area contributed by atoms with Crippen LogP contribution in [0.4, 0.5) is 5.69 Å². The Bertz CT molecular complexity index is 1370. The summed E-state index contributed by atoms with van der Waals surface area (Å²) in [7, 11) is 0. The number of likely N-dealkylation sites (tertiary alicyclic amines) is 1. The van der Waals surface area contributed by atoms with Gasteiger partial charge < -0.3 is 24.5 Å². The van der Waals surface area contributed by atoms with Gasteiger partial charge in [-0.3, -0.25) is 14.4 Å². The van der Waals surface area contributed by atoms with Gasteiger partial charge in [-0.1, -0.05) is 72.8 Å². The lowest BCUT2D eigenvalue weighted by Gasteiger charge is -2.42. The van der Waals surface area contributed by atoms with Crippen molar-refractivity contribution in [3.8, 4) is 0 Å². The number of benzene rings is 2. The van der Waals surface area contributed by atoms with E-state index in [-0.39, 0.29) is 24.3 Å². The average molecular weight is 542 g/mol. The molecular weight excluding hydrogens is 506 g/mol. The first kappa shape index (κ1) is 26.5. The van der Waals surface area contributed by atoms with Gasteiger partial charge in [-0.25, -0.2) is 0 Å². The van der Waals surface area contributed by atoms with E-state index in [9.17, 15) is 19.5 Å². The highest BCUT2D eigenvalue weighted by Crippen LogP contribution is 2.55. The van der Waals surface area contributed by atoms with Crippen LogP contribution in [-0.4, -0.2) is 75.6 Å². The van der Waals surface area contributed by atoms with Crippen molar-refractivity contribution in [2.24, 2.45) is 11.8 Å². The molecule has 2 aromatic rings. The van der Waals surface area contributed by atoms with Crippen LogP contribution in [-0.2, 0) is 19.1 Å². The molecule has 2 saturated heterocycles. The summed E-state index contributed by atoms with van der Waals surface area (Å²) in [6.45, 7) is 6.21. The first-order chi connectivity index (χ1) is 19.2. The summed E-state index contributed by atoms with van der Waals surface area (Å²) in [4.78, 5) is 48.3. The molecule has 8 heteroatoms. The van der Waals surface area contributed by atoms with Crippen molar-refractivity contribution >= 4 is 23.4 Å². The largest absolute Gasteiger partial charge is 0.394 e. The predicted molar refractivity (Wildman–Crippen MR) is 150 cm³/mol. The van der Waals surface area contributed by atoms with E-state index in [0.717, 1.165) is 5.69 Å². The number of hydrogen-bond acceptors (Lipinski definition) is 5. The maximum atomic E-state index is 14.6. The molecule has 8 nitrogen and oxygen atoms in total. The van der Waals surface area contributed by atoms with E-state index in [0.29, 0.717) is 18.7 Å². The van der Waals surface area contributed by atoms with Crippen LogP contribution in [0, 0.1) is 11.8 Å². The van der Waals surface area contributed by atoms with E-state index in [4.69, 9.17) is 4.74 Å². The van der Waals surface area contributed by atoms with Crippen molar-refractivity contribution in [3.05, 3.63) is 90.5 Å². The molecule has 0 radical (unpaired) electrons.